The van der Waals surface area contributed by atoms with Crippen molar-refractivity contribution in [3.63, 3.8) is 0 Å². The zero-order valence-corrected chi connectivity index (χ0v) is 12.4. The number of halogens is 1. The molecule has 0 saturated heterocycles. The maximum Gasteiger partial charge on any atom is 0.0408 e. The summed E-state index contributed by atoms with van der Waals surface area (Å²) in [5.74, 6) is 1.51. The molecule has 1 nitrogen and oxygen atoms in total. The van der Waals surface area contributed by atoms with Crippen LogP contribution in [0.4, 0.5) is 0 Å². The van der Waals surface area contributed by atoms with E-state index in [9.17, 15) is 0 Å². The molecule has 0 heterocycles. The first-order valence-electron chi connectivity index (χ1n) is 7.05. The van der Waals surface area contributed by atoms with Crippen molar-refractivity contribution >= 4 is 11.6 Å². The van der Waals surface area contributed by atoms with Crippen LogP contribution in [0.15, 0.2) is 24.3 Å². The maximum atomic E-state index is 6.11. The minimum Gasteiger partial charge on any atom is -0.316 e. The van der Waals surface area contributed by atoms with E-state index < -0.39 is 0 Å². The molecule has 0 radical (unpaired) electrons. The molecule has 0 aliphatic heterocycles. The van der Waals surface area contributed by atoms with Crippen molar-refractivity contribution in [2.24, 2.45) is 11.8 Å². The molecule has 0 aromatic heterocycles. The minimum absolute atomic E-state index is 0.384. The molecule has 1 aromatic rings. The Kier molecular flexibility index (Phi) is 4.34. The number of hydrogen-bond donors (Lipinski definition) is 1. The zero-order valence-electron chi connectivity index (χ0n) is 11.7. The summed E-state index contributed by atoms with van der Waals surface area (Å²) in [7, 11) is 0. The van der Waals surface area contributed by atoms with E-state index in [0.29, 0.717) is 5.41 Å². The van der Waals surface area contributed by atoms with Crippen molar-refractivity contribution in [2.45, 2.75) is 39.0 Å². The molecule has 2 heteroatoms. The summed E-state index contributed by atoms with van der Waals surface area (Å²) in [4.78, 5) is 0. The third-order valence-electron chi connectivity index (χ3n) is 4.21. The Morgan fingerprint density at radius 3 is 2.83 bits per heavy atom. The van der Waals surface area contributed by atoms with Crippen LogP contribution in [0, 0.1) is 11.8 Å². The van der Waals surface area contributed by atoms with Gasteiger partial charge in [0.2, 0.25) is 0 Å². The van der Waals surface area contributed by atoms with Crippen molar-refractivity contribution in [1.82, 2.24) is 5.32 Å². The number of benzene rings is 1. The largest absolute Gasteiger partial charge is 0.316 e. The number of nitrogens with one attached hydrogen (secondary N) is 1. The van der Waals surface area contributed by atoms with E-state index in [2.05, 4.69) is 44.3 Å². The lowest BCUT2D eigenvalue weighted by Crippen LogP contribution is -2.24. The van der Waals surface area contributed by atoms with E-state index in [-0.39, 0.29) is 0 Å². The predicted octanol–water partition coefficient (Wildman–Crippen LogP) is 4.25. The van der Waals surface area contributed by atoms with E-state index in [4.69, 9.17) is 11.6 Å². The Morgan fingerprint density at radius 1 is 1.44 bits per heavy atom. The molecular weight excluding hydrogens is 242 g/mol. The molecule has 1 aromatic carbocycles. The average Bonchev–Trinajstić information content (AvgIpc) is 3.04. The summed E-state index contributed by atoms with van der Waals surface area (Å²) in [5, 5.41) is 4.45. The molecule has 0 amide bonds. The lowest BCUT2D eigenvalue weighted by atomic mass is 9.90. The van der Waals surface area contributed by atoms with Crippen LogP contribution in [0.25, 0.3) is 0 Å². The highest BCUT2D eigenvalue weighted by Crippen LogP contribution is 2.56. The highest BCUT2D eigenvalue weighted by atomic mass is 35.5. The number of rotatable bonds is 6. The molecular formula is C16H24ClN. The lowest BCUT2D eigenvalue weighted by Gasteiger charge is -2.17. The molecule has 18 heavy (non-hydrogen) atoms. The van der Waals surface area contributed by atoms with Crippen molar-refractivity contribution in [3.05, 3.63) is 34.9 Å². The summed E-state index contributed by atoms with van der Waals surface area (Å²) in [6, 6.07) is 8.42. The van der Waals surface area contributed by atoms with Gasteiger partial charge in [0.05, 0.1) is 0 Å². The zero-order chi connectivity index (χ0) is 13.2. The molecule has 2 unspecified atom stereocenters. The minimum atomic E-state index is 0.384. The fourth-order valence-electron chi connectivity index (χ4n) is 2.98. The highest BCUT2D eigenvalue weighted by Gasteiger charge is 2.53. The summed E-state index contributed by atoms with van der Waals surface area (Å²) in [6.07, 6.45) is 2.51. The van der Waals surface area contributed by atoms with Crippen LogP contribution in [0.5, 0.6) is 0 Å². The predicted molar refractivity (Wildman–Crippen MR) is 79.2 cm³/mol. The highest BCUT2D eigenvalue weighted by molar-refractivity contribution is 6.30. The monoisotopic (exact) mass is 265 g/mol. The Hall–Kier alpha value is -0.530. The summed E-state index contributed by atoms with van der Waals surface area (Å²) >= 11 is 6.11. The van der Waals surface area contributed by atoms with Gasteiger partial charge in [-0.1, -0.05) is 44.5 Å². The molecule has 100 valence electrons. The maximum absolute atomic E-state index is 6.11. The van der Waals surface area contributed by atoms with Crippen LogP contribution in [0.2, 0.25) is 5.02 Å². The molecule has 1 aliphatic rings. The molecule has 0 bridgehead atoms. The topological polar surface area (TPSA) is 12.0 Å². The van der Waals surface area contributed by atoms with E-state index in [1.807, 2.05) is 6.07 Å². The van der Waals surface area contributed by atoms with Crippen LogP contribution in [0.1, 0.15) is 39.2 Å². The SMILES string of the molecule is CCC1(c2cccc(Cl)c2)CC1CNCC(C)C. The Morgan fingerprint density at radius 2 is 2.22 bits per heavy atom. The van der Waals surface area contributed by atoms with Crippen LogP contribution in [-0.4, -0.2) is 13.1 Å². The van der Waals surface area contributed by atoms with E-state index >= 15 is 0 Å². The smallest absolute Gasteiger partial charge is 0.0408 e. The summed E-state index contributed by atoms with van der Waals surface area (Å²) < 4.78 is 0. The molecule has 2 rings (SSSR count). The molecule has 2 atom stereocenters. The van der Waals surface area contributed by atoms with Crippen LogP contribution >= 0.6 is 11.6 Å². The lowest BCUT2D eigenvalue weighted by molar-refractivity contribution is 0.499. The van der Waals surface area contributed by atoms with Crippen molar-refractivity contribution in [1.29, 1.82) is 0 Å². The fraction of sp³-hybridized carbons (Fsp3) is 0.625. The second-order valence-corrected chi connectivity index (χ2v) is 6.41. The second kappa shape index (κ2) is 5.63. The van der Waals surface area contributed by atoms with Gasteiger partial charge in [-0.3, -0.25) is 0 Å². The fourth-order valence-corrected chi connectivity index (χ4v) is 3.17. The molecule has 0 spiro atoms. The van der Waals surface area contributed by atoms with E-state index in [0.717, 1.165) is 29.9 Å². The van der Waals surface area contributed by atoms with Crippen molar-refractivity contribution in [2.75, 3.05) is 13.1 Å². The molecule has 1 aliphatic carbocycles. The Labute approximate surface area is 116 Å². The van der Waals surface area contributed by atoms with Crippen LogP contribution < -0.4 is 5.32 Å². The third-order valence-corrected chi connectivity index (χ3v) is 4.44. The van der Waals surface area contributed by atoms with Gasteiger partial charge in [-0.25, -0.2) is 0 Å². The standard InChI is InChI=1S/C16H24ClN/c1-4-16(13-6-5-7-15(17)8-13)9-14(16)11-18-10-12(2)3/h5-8,12,14,18H,4,9-11H2,1-3H3. The van der Waals surface area contributed by atoms with Gasteiger partial charge in [0.15, 0.2) is 0 Å². The van der Waals surface area contributed by atoms with Gasteiger partial charge in [0.1, 0.15) is 0 Å². The van der Waals surface area contributed by atoms with Crippen molar-refractivity contribution < 1.29 is 0 Å². The van der Waals surface area contributed by atoms with Gasteiger partial charge in [-0.2, -0.15) is 0 Å². The first kappa shape index (κ1) is 13.9. The van der Waals surface area contributed by atoms with Gasteiger partial charge >= 0.3 is 0 Å². The molecule has 1 N–H and O–H groups in total. The summed E-state index contributed by atoms with van der Waals surface area (Å²) in [5.41, 5.74) is 1.81. The number of hydrogen-bond acceptors (Lipinski definition) is 1. The van der Waals surface area contributed by atoms with Gasteiger partial charge in [0.25, 0.3) is 0 Å². The molecule has 1 saturated carbocycles. The van der Waals surface area contributed by atoms with E-state index in [1.54, 1.807) is 0 Å². The second-order valence-electron chi connectivity index (χ2n) is 5.97. The Balaban J connectivity index is 1.98. The van der Waals surface area contributed by atoms with Gasteiger partial charge in [-0.05, 0) is 60.9 Å². The van der Waals surface area contributed by atoms with Gasteiger partial charge in [0, 0.05) is 5.02 Å². The van der Waals surface area contributed by atoms with Gasteiger partial charge in [-0.15, -0.1) is 0 Å². The first-order chi connectivity index (χ1) is 8.58. The quantitative estimate of drug-likeness (QED) is 0.811. The average molecular weight is 266 g/mol. The van der Waals surface area contributed by atoms with Crippen LogP contribution in [0.3, 0.4) is 0 Å². The van der Waals surface area contributed by atoms with E-state index in [1.165, 1.54) is 18.4 Å². The first-order valence-corrected chi connectivity index (χ1v) is 7.43. The molecule has 1 fully saturated rings. The van der Waals surface area contributed by atoms with Crippen molar-refractivity contribution in [3.8, 4) is 0 Å². The third kappa shape index (κ3) is 2.89. The summed E-state index contributed by atoms with van der Waals surface area (Å²) in [6.45, 7) is 9.06. The Bertz CT molecular complexity index is 402. The normalized spacial score (nSPS) is 26.6. The van der Waals surface area contributed by atoms with Crippen LogP contribution in [-0.2, 0) is 5.41 Å². The van der Waals surface area contributed by atoms with Gasteiger partial charge < -0.3 is 5.32 Å².